The fraction of sp³-hybridized carbons (Fsp3) is 0.412. The van der Waals surface area contributed by atoms with Gasteiger partial charge in [0.15, 0.2) is 0 Å². The van der Waals surface area contributed by atoms with Gasteiger partial charge in [0.1, 0.15) is 0 Å². The van der Waals surface area contributed by atoms with Gasteiger partial charge in [-0.15, -0.1) is 0 Å². The first-order chi connectivity index (χ1) is 10.7. The fourth-order valence-electron chi connectivity index (χ4n) is 3.06. The van der Waals surface area contributed by atoms with Crippen molar-refractivity contribution in [3.8, 4) is 11.3 Å². The average Bonchev–Trinajstić information content (AvgIpc) is 3.03. The van der Waals surface area contributed by atoms with Crippen LogP contribution in [0.25, 0.3) is 11.3 Å². The van der Waals surface area contributed by atoms with Gasteiger partial charge in [-0.05, 0) is 25.2 Å². The minimum absolute atomic E-state index is 0.118. The van der Waals surface area contributed by atoms with Crippen LogP contribution in [0.4, 0.5) is 0 Å². The Labute approximate surface area is 129 Å². The zero-order valence-corrected chi connectivity index (χ0v) is 12.5. The first-order valence-corrected chi connectivity index (χ1v) is 7.79. The molecular weight excluding hydrogens is 278 g/mol. The van der Waals surface area contributed by atoms with Gasteiger partial charge in [0.05, 0.1) is 23.6 Å². The maximum absolute atomic E-state index is 12.4. The van der Waals surface area contributed by atoms with Crippen LogP contribution in [0.3, 0.4) is 0 Å². The van der Waals surface area contributed by atoms with Crippen LogP contribution in [-0.4, -0.2) is 33.9 Å². The first-order valence-electron chi connectivity index (χ1n) is 7.79. The van der Waals surface area contributed by atoms with E-state index in [1.54, 1.807) is 6.20 Å². The van der Waals surface area contributed by atoms with Gasteiger partial charge >= 0.3 is 0 Å². The number of rotatable bonds is 4. The maximum atomic E-state index is 12.4. The molecule has 1 saturated carbocycles. The van der Waals surface area contributed by atoms with E-state index in [0.717, 1.165) is 36.9 Å². The van der Waals surface area contributed by atoms with Gasteiger partial charge in [-0.25, -0.2) is 0 Å². The van der Waals surface area contributed by atoms with Gasteiger partial charge in [-0.2, -0.15) is 5.10 Å². The summed E-state index contributed by atoms with van der Waals surface area (Å²) in [5, 5.41) is 19.6. The third-order valence-corrected chi connectivity index (χ3v) is 4.25. The lowest BCUT2D eigenvalue weighted by atomic mass is 9.87. The zero-order valence-electron chi connectivity index (χ0n) is 12.5. The number of benzene rings is 1. The Bertz CT molecular complexity index is 624. The van der Waals surface area contributed by atoms with Crippen molar-refractivity contribution in [1.82, 2.24) is 15.5 Å². The molecule has 1 heterocycles. The van der Waals surface area contributed by atoms with Crippen molar-refractivity contribution in [2.24, 2.45) is 5.92 Å². The largest absolute Gasteiger partial charge is 0.393 e. The van der Waals surface area contributed by atoms with Crippen LogP contribution in [0.5, 0.6) is 0 Å². The molecule has 1 aromatic carbocycles. The number of aromatic nitrogens is 2. The third-order valence-electron chi connectivity index (χ3n) is 4.25. The molecule has 116 valence electrons. The zero-order chi connectivity index (χ0) is 15.4. The molecule has 5 heteroatoms. The summed E-state index contributed by atoms with van der Waals surface area (Å²) in [6, 6.07) is 9.69. The fourth-order valence-corrected chi connectivity index (χ4v) is 3.06. The summed E-state index contributed by atoms with van der Waals surface area (Å²) in [4.78, 5) is 12.4. The smallest absolute Gasteiger partial charge is 0.255 e. The Balaban J connectivity index is 1.65. The average molecular weight is 299 g/mol. The highest BCUT2D eigenvalue weighted by Crippen LogP contribution is 2.24. The Hall–Kier alpha value is -2.14. The predicted molar refractivity (Wildman–Crippen MR) is 84.3 cm³/mol. The molecule has 2 aromatic rings. The molecule has 0 bridgehead atoms. The van der Waals surface area contributed by atoms with E-state index in [1.165, 1.54) is 0 Å². The molecule has 2 atom stereocenters. The third kappa shape index (κ3) is 3.36. The number of aromatic amines is 1. The number of aliphatic hydroxyl groups is 1. The molecule has 1 amide bonds. The summed E-state index contributed by atoms with van der Waals surface area (Å²) in [6.07, 6.45) is 5.09. The Morgan fingerprint density at radius 1 is 1.32 bits per heavy atom. The van der Waals surface area contributed by atoms with Gasteiger partial charge in [-0.3, -0.25) is 9.89 Å². The van der Waals surface area contributed by atoms with Gasteiger partial charge in [0.25, 0.3) is 5.91 Å². The quantitative estimate of drug-likeness (QED) is 0.811. The lowest BCUT2D eigenvalue weighted by molar-refractivity contribution is 0.0874. The summed E-state index contributed by atoms with van der Waals surface area (Å²) < 4.78 is 0. The number of hydrogen-bond acceptors (Lipinski definition) is 3. The Kier molecular flexibility index (Phi) is 4.53. The molecule has 2 unspecified atom stereocenters. The van der Waals surface area contributed by atoms with Crippen LogP contribution < -0.4 is 5.32 Å². The lowest BCUT2D eigenvalue weighted by Crippen LogP contribution is -2.33. The molecule has 0 aliphatic heterocycles. The number of carbonyl (C=O) groups is 1. The molecular formula is C17H21N3O2. The molecule has 1 fully saturated rings. The summed E-state index contributed by atoms with van der Waals surface area (Å²) >= 11 is 0. The SMILES string of the molecule is O=C(NCC1CCCC(O)C1)c1cn[nH]c1-c1ccccc1. The van der Waals surface area contributed by atoms with E-state index in [2.05, 4.69) is 15.5 Å². The van der Waals surface area contributed by atoms with Gasteiger partial charge in [0.2, 0.25) is 0 Å². The van der Waals surface area contributed by atoms with Crippen molar-refractivity contribution in [2.45, 2.75) is 31.8 Å². The Morgan fingerprint density at radius 3 is 2.91 bits per heavy atom. The molecule has 22 heavy (non-hydrogen) atoms. The van der Waals surface area contributed by atoms with E-state index in [-0.39, 0.29) is 12.0 Å². The van der Waals surface area contributed by atoms with Crippen molar-refractivity contribution < 1.29 is 9.90 Å². The second kappa shape index (κ2) is 6.75. The van der Waals surface area contributed by atoms with Gasteiger partial charge < -0.3 is 10.4 Å². The molecule has 1 aliphatic rings. The van der Waals surface area contributed by atoms with Gasteiger partial charge in [-0.1, -0.05) is 36.8 Å². The highest BCUT2D eigenvalue weighted by Gasteiger charge is 2.21. The standard InChI is InChI=1S/C17H21N3O2/c21-14-8-4-5-12(9-14)10-18-17(22)15-11-19-20-16(15)13-6-2-1-3-7-13/h1-3,6-7,11-12,14,21H,4-5,8-10H2,(H,18,22)(H,19,20). The molecule has 0 radical (unpaired) electrons. The van der Waals surface area contributed by atoms with Crippen molar-refractivity contribution in [3.63, 3.8) is 0 Å². The molecule has 5 nitrogen and oxygen atoms in total. The normalized spacial score (nSPS) is 21.5. The summed E-state index contributed by atoms with van der Waals surface area (Å²) in [5.74, 6) is 0.243. The van der Waals surface area contributed by atoms with E-state index < -0.39 is 0 Å². The van der Waals surface area contributed by atoms with Crippen LogP contribution in [0.1, 0.15) is 36.0 Å². The van der Waals surface area contributed by atoms with E-state index >= 15 is 0 Å². The van der Waals surface area contributed by atoms with Crippen molar-refractivity contribution in [1.29, 1.82) is 0 Å². The number of nitrogens with zero attached hydrogens (tertiary/aromatic N) is 1. The molecule has 3 N–H and O–H groups in total. The minimum Gasteiger partial charge on any atom is -0.393 e. The maximum Gasteiger partial charge on any atom is 0.255 e. The highest BCUT2D eigenvalue weighted by atomic mass is 16.3. The molecule has 0 saturated heterocycles. The molecule has 1 aromatic heterocycles. The van der Waals surface area contributed by atoms with E-state index in [0.29, 0.717) is 18.0 Å². The number of hydrogen-bond donors (Lipinski definition) is 3. The Morgan fingerprint density at radius 2 is 2.14 bits per heavy atom. The van der Waals surface area contributed by atoms with Crippen molar-refractivity contribution in [2.75, 3.05) is 6.54 Å². The van der Waals surface area contributed by atoms with Crippen molar-refractivity contribution >= 4 is 5.91 Å². The first kappa shape index (κ1) is 14.8. The number of amides is 1. The van der Waals surface area contributed by atoms with Crippen molar-refractivity contribution in [3.05, 3.63) is 42.1 Å². The number of nitrogens with one attached hydrogen (secondary N) is 2. The predicted octanol–water partition coefficient (Wildman–Crippen LogP) is 2.36. The second-order valence-electron chi connectivity index (χ2n) is 5.92. The van der Waals surface area contributed by atoms with E-state index in [4.69, 9.17) is 0 Å². The van der Waals surface area contributed by atoms with E-state index in [9.17, 15) is 9.90 Å². The van der Waals surface area contributed by atoms with Gasteiger partial charge in [0, 0.05) is 12.1 Å². The minimum atomic E-state index is -0.218. The van der Waals surface area contributed by atoms with Crippen LogP contribution in [-0.2, 0) is 0 Å². The summed E-state index contributed by atoms with van der Waals surface area (Å²) in [5.41, 5.74) is 2.24. The van der Waals surface area contributed by atoms with Crippen LogP contribution in [0.15, 0.2) is 36.5 Å². The molecule has 1 aliphatic carbocycles. The lowest BCUT2D eigenvalue weighted by Gasteiger charge is -2.25. The molecule has 0 spiro atoms. The summed E-state index contributed by atoms with van der Waals surface area (Å²) in [6.45, 7) is 0.606. The van der Waals surface area contributed by atoms with E-state index in [1.807, 2.05) is 30.3 Å². The topological polar surface area (TPSA) is 78.0 Å². The second-order valence-corrected chi connectivity index (χ2v) is 5.92. The van der Waals surface area contributed by atoms with Crippen LogP contribution in [0.2, 0.25) is 0 Å². The van der Waals surface area contributed by atoms with Crippen LogP contribution >= 0.6 is 0 Å². The highest BCUT2D eigenvalue weighted by molar-refractivity contribution is 5.99. The number of H-pyrrole nitrogens is 1. The molecule has 3 rings (SSSR count). The number of carbonyl (C=O) groups excluding carboxylic acids is 1. The number of aliphatic hydroxyl groups excluding tert-OH is 1. The summed E-state index contributed by atoms with van der Waals surface area (Å²) in [7, 11) is 0. The monoisotopic (exact) mass is 299 g/mol. The van der Waals surface area contributed by atoms with Crippen LogP contribution in [0, 0.1) is 5.92 Å².